The van der Waals surface area contributed by atoms with E-state index in [2.05, 4.69) is 169 Å². The minimum Gasteiger partial charge on any atom is -0.310 e. The number of fused-ring (bicyclic) bond motifs is 9. The van der Waals surface area contributed by atoms with Gasteiger partial charge in [-0.3, -0.25) is 0 Å². The van der Waals surface area contributed by atoms with E-state index in [4.69, 9.17) is 0 Å². The molecular formula is C45H34N2. The normalized spacial score (nSPS) is 14.5. The van der Waals surface area contributed by atoms with E-state index in [1.54, 1.807) is 0 Å². The van der Waals surface area contributed by atoms with Gasteiger partial charge in [0.2, 0.25) is 0 Å². The van der Waals surface area contributed by atoms with E-state index >= 15 is 0 Å². The van der Waals surface area contributed by atoms with E-state index in [1.807, 2.05) is 0 Å². The van der Waals surface area contributed by atoms with Crippen molar-refractivity contribution in [1.29, 1.82) is 0 Å². The molecule has 2 aliphatic rings. The molecule has 47 heavy (non-hydrogen) atoms. The Kier molecular flexibility index (Phi) is 5.49. The molecule has 0 saturated heterocycles. The van der Waals surface area contributed by atoms with Crippen molar-refractivity contribution in [2.75, 3.05) is 0 Å². The molecule has 0 saturated carbocycles. The molecule has 0 unspecified atom stereocenters. The number of rotatable bonds is 3. The van der Waals surface area contributed by atoms with Gasteiger partial charge in [0, 0.05) is 43.4 Å². The summed E-state index contributed by atoms with van der Waals surface area (Å²) in [6.07, 6.45) is 7.00. The second-order valence-corrected chi connectivity index (χ2v) is 13.6. The summed E-state index contributed by atoms with van der Waals surface area (Å²) in [5.74, 6) is 0. The van der Waals surface area contributed by atoms with Crippen molar-refractivity contribution in [2.45, 2.75) is 32.1 Å². The first kappa shape index (κ1) is 26.6. The first-order valence-electron chi connectivity index (χ1n) is 16.8. The molecule has 0 spiro atoms. The molecule has 224 valence electrons. The Morgan fingerprint density at radius 1 is 0.511 bits per heavy atom. The van der Waals surface area contributed by atoms with Crippen LogP contribution in [0.25, 0.3) is 78.5 Å². The molecule has 0 amide bonds. The summed E-state index contributed by atoms with van der Waals surface area (Å²) >= 11 is 0. The summed E-state index contributed by atoms with van der Waals surface area (Å²) in [5.41, 5.74) is 14.2. The van der Waals surface area contributed by atoms with E-state index in [1.165, 1.54) is 88.0 Å². The molecule has 0 radical (unpaired) electrons. The molecule has 10 rings (SSSR count). The lowest BCUT2D eigenvalue weighted by Gasteiger charge is -2.21. The van der Waals surface area contributed by atoms with E-state index in [0.717, 1.165) is 12.8 Å². The first-order chi connectivity index (χ1) is 23.1. The fraction of sp³-hybridized carbons (Fsp3) is 0.111. The Morgan fingerprint density at radius 2 is 1.17 bits per heavy atom. The van der Waals surface area contributed by atoms with Crippen LogP contribution in [-0.4, -0.2) is 9.13 Å². The van der Waals surface area contributed by atoms with Gasteiger partial charge in [0.25, 0.3) is 0 Å². The molecule has 2 heterocycles. The second-order valence-electron chi connectivity index (χ2n) is 13.6. The van der Waals surface area contributed by atoms with Crippen molar-refractivity contribution in [2.24, 2.45) is 0 Å². The van der Waals surface area contributed by atoms with Crippen LogP contribution in [0.5, 0.6) is 0 Å². The maximum absolute atomic E-state index is 2.50. The Labute approximate surface area is 274 Å². The van der Waals surface area contributed by atoms with Gasteiger partial charge in [-0.15, -0.1) is 0 Å². The van der Waals surface area contributed by atoms with Crippen LogP contribution in [0.1, 0.15) is 37.8 Å². The number of benzene rings is 6. The molecule has 0 fully saturated rings. The van der Waals surface area contributed by atoms with Gasteiger partial charge in [0.1, 0.15) is 0 Å². The molecule has 0 atom stereocenters. The molecule has 8 aromatic rings. The van der Waals surface area contributed by atoms with Crippen molar-refractivity contribution < 1.29 is 0 Å². The Bertz CT molecular complexity index is 2700. The lowest BCUT2D eigenvalue weighted by Crippen LogP contribution is -2.30. The SMILES string of the molecule is CC1(C)c2ccccc2-c2c(-n3c4ccccc4c4cc(-c5ccc6c(c5)c5c(n6-c6ccccc6)=CCCC=5)ccc43)cccc21. The summed E-state index contributed by atoms with van der Waals surface area (Å²) in [6.45, 7) is 4.72. The van der Waals surface area contributed by atoms with Gasteiger partial charge in [-0.25, -0.2) is 0 Å². The molecule has 2 heteroatoms. The first-order valence-corrected chi connectivity index (χ1v) is 16.8. The van der Waals surface area contributed by atoms with E-state index < -0.39 is 0 Å². The minimum atomic E-state index is -0.0413. The minimum absolute atomic E-state index is 0.0413. The van der Waals surface area contributed by atoms with Crippen molar-refractivity contribution in [3.63, 3.8) is 0 Å². The zero-order valence-electron chi connectivity index (χ0n) is 26.7. The van der Waals surface area contributed by atoms with Crippen LogP contribution in [0.4, 0.5) is 0 Å². The monoisotopic (exact) mass is 602 g/mol. The third-order valence-electron chi connectivity index (χ3n) is 10.7. The molecule has 2 aromatic heterocycles. The third kappa shape index (κ3) is 3.67. The lowest BCUT2D eigenvalue weighted by molar-refractivity contribution is 0.660. The smallest absolute Gasteiger partial charge is 0.0543 e. The highest BCUT2D eigenvalue weighted by Gasteiger charge is 2.37. The van der Waals surface area contributed by atoms with Crippen molar-refractivity contribution in [3.8, 4) is 33.6 Å². The third-order valence-corrected chi connectivity index (χ3v) is 10.7. The molecule has 0 bridgehead atoms. The molecular weight excluding hydrogens is 569 g/mol. The summed E-state index contributed by atoms with van der Waals surface area (Å²) in [4.78, 5) is 0. The average Bonchev–Trinajstić information content (AvgIpc) is 3.72. The maximum Gasteiger partial charge on any atom is 0.0543 e. The molecule has 0 aliphatic heterocycles. The largest absolute Gasteiger partial charge is 0.310 e. The maximum atomic E-state index is 2.50. The fourth-order valence-electron chi connectivity index (χ4n) is 8.57. The number of aromatic nitrogens is 2. The van der Waals surface area contributed by atoms with Crippen molar-refractivity contribution >= 4 is 44.9 Å². The molecule has 0 N–H and O–H groups in total. The highest BCUT2D eigenvalue weighted by Crippen LogP contribution is 2.51. The summed E-state index contributed by atoms with van der Waals surface area (Å²) in [5, 5.41) is 6.55. The summed E-state index contributed by atoms with van der Waals surface area (Å²) < 4.78 is 4.93. The summed E-state index contributed by atoms with van der Waals surface area (Å²) in [6, 6.07) is 49.6. The summed E-state index contributed by atoms with van der Waals surface area (Å²) in [7, 11) is 0. The zero-order valence-corrected chi connectivity index (χ0v) is 26.7. The predicted octanol–water partition coefficient (Wildman–Crippen LogP) is 10.1. The van der Waals surface area contributed by atoms with E-state index in [0.29, 0.717) is 0 Å². The predicted molar refractivity (Wildman–Crippen MR) is 198 cm³/mol. The van der Waals surface area contributed by atoms with Crippen LogP contribution in [0.15, 0.2) is 133 Å². The quantitative estimate of drug-likeness (QED) is 0.190. The van der Waals surface area contributed by atoms with Crippen LogP contribution in [0.2, 0.25) is 0 Å². The van der Waals surface area contributed by atoms with Gasteiger partial charge < -0.3 is 9.13 Å². The Hall–Kier alpha value is -5.60. The highest BCUT2D eigenvalue weighted by atomic mass is 15.0. The van der Waals surface area contributed by atoms with Crippen LogP contribution in [0, 0.1) is 0 Å². The number of hydrogen-bond donors (Lipinski definition) is 0. The highest BCUT2D eigenvalue weighted by molar-refractivity contribution is 6.11. The van der Waals surface area contributed by atoms with E-state index in [-0.39, 0.29) is 5.41 Å². The van der Waals surface area contributed by atoms with Gasteiger partial charge in [0.15, 0.2) is 0 Å². The Balaban J connectivity index is 1.20. The van der Waals surface area contributed by atoms with Gasteiger partial charge in [0.05, 0.1) is 22.2 Å². The van der Waals surface area contributed by atoms with Crippen LogP contribution >= 0.6 is 0 Å². The van der Waals surface area contributed by atoms with Gasteiger partial charge in [-0.05, 0) is 89.2 Å². The second kappa shape index (κ2) is 9.70. The Morgan fingerprint density at radius 3 is 2.02 bits per heavy atom. The van der Waals surface area contributed by atoms with Gasteiger partial charge in [-0.2, -0.15) is 0 Å². The van der Waals surface area contributed by atoms with Crippen molar-refractivity contribution in [1.82, 2.24) is 9.13 Å². The van der Waals surface area contributed by atoms with Crippen LogP contribution < -0.4 is 10.6 Å². The van der Waals surface area contributed by atoms with Crippen LogP contribution in [0.3, 0.4) is 0 Å². The van der Waals surface area contributed by atoms with Gasteiger partial charge >= 0.3 is 0 Å². The van der Waals surface area contributed by atoms with Gasteiger partial charge in [-0.1, -0.05) is 111 Å². The number of nitrogens with zero attached hydrogens (tertiary/aromatic N) is 2. The molecule has 2 nitrogen and oxygen atoms in total. The number of para-hydroxylation sites is 2. The molecule has 2 aliphatic carbocycles. The average molecular weight is 603 g/mol. The van der Waals surface area contributed by atoms with Crippen LogP contribution in [-0.2, 0) is 5.41 Å². The van der Waals surface area contributed by atoms with Crippen molar-refractivity contribution in [3.05, 3.63) is 155 Å². The lowest BCUT2D eigenvalue weighted by atomic mass is 9.82. The number of hydrogen-bond acceptors (Lipinski definition) is 0. The van der Waals surface area contributed by atoms with E-state index in [9.17, 15) is 0 Å². The fourth-order valence-corrected chi connectivity index (χ4v) is 8.57. The zero-order chi connectivity index (χ0) is 31.3. The standard InChI is InChI=1S/C45H34N2/c1-45(2)37-18-9-6-17-34(37)44-38(45)19-12-22-43(44)47-40-21-11-8-16-33(40)36-28-30(24-26-42(36)47)29-23-25-41-35(27-29)32-15-7-10-20-39(32)46(41)31-13-4-3-5-14-31/h3-6,8-9,11-28H,7,10H2,1-2H3. The topological polar surface area (TPSA) is 9.86 Å². The molecule has 6 aromatic carbocycles.